The largest absolute Gasteiger partial charge is 0.355 e. The van der Waals surface area contributed by atoms with Gasteiger partial charge in [0.05, 0.1) is 6.61 Å². The fourth-order valence-electron chi connectivity index (χ4n) is 2.44. The molecule has 0 spiro atoms. The molecule has 0 radical (unpaired) electrons. The summed E-state index contributed by atoms with van der Waals surface area (Å²) in [6.45, 7) is 4.27. The van der Waals surface area contributed by atoms with Crippen LogP contribution in [-0.2, 0) is 9.47 Å². The Bertz CT molecular complexity index is 232. The normalized spacial score (nSPS) is 11.6. The summed E-state index contributed by atoms with van der Waals surface area (Å²) in [4.78, 5) is 0. The predicted molar refractivity (Wildman–Crippen MR) is 110 cm³/mol. The summed E-state index contributed by atoms with van der Waals surface area (Å²) in [6.07, 6.45) is 21.7. The van der Waals surface area contributed by atoms with Crippen LogP contribution in [0.3, 0.4) is 0 Å². The SMILES string of the molecule is CCCCCOCOCCC=CCCCCCCCCCCI. The predicted octanol–water partition coefficient (Wildman–Crippen LogP) is 7.06. The summed E-state index contributed by atoms with van der Waals surface area (Å²) in [5.41, 5.74) is 0. The van der Waals surface area contributed by atoms with Gasteiger partial charge in [-0.15, -0.1) is 0 Å². The average Bonchev–Trinajstić information content (AvgIpc) is 2.57. The topological polar surface area (TPSA) is 18.5 Å². The van der Waals surface area contributed by atoms with Crippen molar-refractivity contribution in [3.8, 4) is 0 Å². The molecule has 0 aliphatic heterocycles. The molecule has 0 saturated heterocycles. The van der Waals surface area contributed by atoms with Crippen LogP contribution in [0.2, 0.25) is 0 Å². The van der Waals surface area contributed by atoms with Crippen LogP contribution in [0.5, 0.6) is 0 Å². The molecule has 2 nitrogen and oxygen atoms in total. The molecule has 0 atom stereocenters. The van der Waals surface area contributed by atoms with Gasteiger partial charge in [0.25, 0.3) is 0 Å². The number of unbranched alkanes of at least 4 members (excludes halogenated alkanes) is 10. The number of allylic oxidation sites excluding steroid dienone is 1. The Morgan fingerprint density at radius 2 is 1.26 bits per heavy atom. The van der Waals surface area contributed by atoms with Gasteiger partial charge in [-0.25, -0.2) is 0 Å². The maximum absolute atomic E-state index is 5.44. The zero-order chi connectivity index (χ0) is 16.8. The van der Waals surface area contributed by atoms with Crippen LogP contribution in [0.15, 0.2) is 12.2 Å². The van der Waals surface area contributed by atoms with Gasteiger partial charge >= 0.3 is 0 Å². The van der Waals surface area contributed by atoms with Crippen molar-refractivity contribution in [2.45, 2.75) is 90.4 Å². The Morgan fingerprint density at radius 3 is 1.96 bits per heavy atom. The van der Waals surface area contributed by atoms with Crippen LogP contribution in [0.1, 0.15) is 90.4 Å². The quantitative estimate of drug-likeness (QED) is 0.0707. The van der Waals surface area contributed by atoms with Crippen molar-refractivity contribution >= 4 is 22.6 Å². The first kappa shape index (κ1) is 23.4. The molecule has 23 heavy (non-hydrogen) atoms. The number of ether oxygens (including phenoxy) is 2. The van der Waals surface area contributed by atoms with E-state index in [-0.39, 0.29) is 0 Å². The third-order valence-corrected chi connectivity index (χ3v) is 4.67. The standard InChI is InChI=1S/C20H39IO2/c1-2-3-15-18-22-20-23-19-16-13-11-9-7-5-4-6-8-10-12-14-17-21/h11,13H,2-10,12,14-20H2,1H3. The van der Waals surface area contributed by atoms with Crippen molar-refractivity contribution in [2.24, 2.45) is 0 Å². The molecule has 0 aromatic rings. The zero-order valence-electron chi connectivity index (χ0n) is 15.4. The van der Waals surface area contributed by atoms with E-state index in [1.54, 1.807) is 0 Å². The van der Waals surface area contributed by atoms with Gasteiger partial charge < -0.3 is 9.47 Å². The lowest BCUT2D eigenvalue weighted by molar-refractivity contribution is -0.0531. The molecule has 0 bridgehead atoms. The summed E-state index contributed by atoms with van der Waals surface area (Å²) in [7, 11) is 0. The summed E-state index contributed by atoms with van der Waals surface area (Å²) in [5, 5.41) is 0. The van der Waals surface area contributed by atoms with E-state index >= 15 is 0 Å². The lowest BCUT2D eigenvalue weighted by atomic mass is 10.1. The maximum atomic E-state index is 5.44. The van der Waals surface area contributed by atoms with Gasteiger partial charge in [0.1, 0.15) is 6.79 Å². The second-order valence-corrected chi connectivity index (χ2v) is 7.29. The highest BCUT2D eigenvalue weighted by molar-refractivity contribution is 14.1. The molecule has 0 heterocycles. The number of hydrogen-bond acceptors (Lipinski definition) is 2. The Hall–Kier alpha value is 0.390. The second-order valence-electron chi connectivity index (χ2n) is 6.21. The Balaban J connectivity index is 3.03. The third kappa shape index (κ3) is 22.4. The van der Waals surface area contributed by atoms with Crippen LogP contribution in [0.4, 0.5) is 0 Å². The van der Waals surface area contributed by atoms with E-state index in [2.05, 4.69) is 41.7 Å². The van der Waals surface area contributed by atoms with Crippen LogP contribution >= 0.6 is 22.6 Å². The molecule has 138 valence electrons. The van der Waals surface area contributed by atoms with Crippen molar-refractivity contribution in [1.29, 1.82) is 0 Å². The van der Waals surface area contributed by atoms with Crippen LogP contribution in [0.25, 0.3) is 0 Å². The highest BCUT2D eigenvalue weighted by Gasteiger charge is 1.92. The van der Waals surface area contributed by atoms with Gasteiger partial charge in [0.2, 0.25) is 0 Å². The molecule has 0 aliphatic carbocycles. The van der Waals surface area contributed by atoms with Gasteiger partial charge in [-0.05, 0) is 36.5 Å². The molecule has 0 amide bonds. The fraction of sp³-hybridized carbons (Fsp3) is 0.900. The van der Waals surface area contributed by atoms with Crippen molar-refractivity contribution in [2.75, 3.05) is 24.4 Å². The number of rotatable bonds is 19. The summed E-state index contributed by atoms with van der Waals surface area (Å²) in [5.74, 6) is 0. The fourth-order valence-corrected chi connectivity index (χ4v) is 2.97. The monoisotopic (exact) mass is 438 g/mol. The molecule has 0 fully saturated rings. The Kier molecular flexibility index (Phi) is 22.8. The van der Waals surface area contributed by atoms with E-state index in [0.29, 0.717) is 6.79 Å². The first-order valence-corrected chi connectivity index (χ1v) is 11.3. The minimum absolute atomic E-state index is 0.454. The number of hydrogen-bond donors (Lipinski definition) is 0. The Morgan fingerprint density at radius 1 is 0.652 bits per heavy atom. The highest BCUT2D eigenvalue weighted by atomic mass is 127. The van der Waals surface area contributed by atoms with E-state index in [1.807, 2.05) is 0 Å². The van der Waals surface area contributed by atoms with Crippen LogP contribution < -0.4 is 0 Å². The molecule has 0 aliphatic rings. The maximum Gasteiger partial charge on any atom is 0.146 e. The smallest absolute Gasteiger partial charge is 0.146 e. The van der Waals surface area contributed by atoms with E-state index < -0.39 is 0 Å². The van der Waals surface area contributed by atoms with Crippen molar-refractivity contribution in [1.82, 2.24) is 0 Å². The second kappa shape index (κ2) is 22.4. The van der Waals surface area contributed by atoms with Gasteiger partial charge in [-0.1, -0.05) is 93.0 Å². The van der Waals surface area contributed by atoms with Gasteiger partial charge in [0.15, 0.2) is 0 Å². The molecule has 3 heteroatoms. The minimum Gasteiger partial charge on any atom is -0.355 e. The van der Waals surface area contributed by atoms with E-state index in [0.717, 1.165) is 26.1 Å². The zero-order valence-corrected chi connectivity index (χ0v) is 17.5. The molecule has 0 unspecified atom stereocenters. The van der Waals surface area contributed by atoms with Crippen LogP contribution in [-0.4, -0.2) is 24.4 Å². The summed E-state index contributed by atoms with van der Waals surface area (Å²) in [6, 6.07) is 0. The number of halogens is 1. The minimum atomic E-state index is 0.454. The summed E-state index contributed by atoms with van der Waals surface area (Å²) >= 11 is 2.47. The molecule has 0 saturated carbocycles. The van der Waals surface area contributed by atoms with E-state index in [1.165, 1.54) is 75.1 Å². The van der Waals surface area contributed by atoms with E-state index in [4.69, 9.17) is 9.47 Å². The molecule has 0 rings (SSSR count). The molecule has 0 aromatic heterocycles. The Labute approximate surface area is 158 Å². The van der Waals surface area contributed by atoms with Gasteiger partial charge in [-0.3, -0.25) is 0 Å². The lowest BCUT2D eigenvalue weighted by Crippen LogP contribution is -2.02. The van der Waals surface area contributed by atoms with Crippen molar-refractivity contribution < 1.29 is 9.47 Å². The molecule has 0 N–H and O–H groups in total. The average molecular weight is 438 g/mol. The molecule has 0 aromatic carbocycles. The molecular weight excluding hydrogens is 399 g/mol. The van der Waals surface area contributed by atoms with E-state index in [9.17, 15) is 0 Å². The van der Waals surface area contributed by atoms with Gasteiger partial charge in [0, 0.05) is 6.61 Å². The first-order valence-electron chi connectivity index (χ1n) is 9.78. The molecular formula is C20H39IO2. The third-order valence-electron chi connectivity index (χ3n) is 3.91. The first-order chi connectivity index (χ1) is 11.4. The highest BCUT2D eigenvalue weighted by Crippen LogP contribution is 2.10. The van der Waals surface area contributed by atoms with Crippen molar-refractivity contribution in [3.63, 3.8) is 0 Å². The summed E-state index contributed by atoms with van der Waals surface area (Å²) < 4.78 is 12.2. The van der Waals surface area contributed by atoms with Crippen LogP contribution in [0, 0.1) is 0 Å². The lowest BCUT2D eigenvalue weighted by Gasteiger charge is -2.04. The van der Waals surface area contributed by atoms with Gasteiger partial charge in [-0.2, -0.15) is 0 Å². The van der Waals surface area contributed by atoms with Crippen molar-refractivity contribution in [3.05, 3.63) is 12.2 Å². The number of alkyl halides is 1.